The standard InChI is InChI=1S/C31H60N2O/c1-5-9-13-15-17-28(16-11-7-3)20-23-32-26-31(27-32)21-24-33(25-22-31)30(34)29(18-12-8-4)19-14-10-6-2/h28-29H,5-27H2,1-4H3. The monoisotopic (exact) mass is 476 g/mol. The Morgan fingerprint density at radius 1 is 0.676 bits per heavy atom. The fourth-order valence-corrected chi connectivity index (χ4v) is 6.47. The number of likely N-dealkylation sites (tertiary alicyclic amines) is 2. The van der Waals surface area contributed by atoms with Crippen molar-refractivity contribution in [3.05, 3.63) is 0 Å². The number of nitrogens with zero attached hydrogens (tertiary/aromatic N) is 2. The fraction of sp³-hybridized carbons (Fsp3) is 0.968. The Balaban J connectivity index is 1.71. The summed E-state index contributed by atoms with van der Waals surface area (Å²) in [6.07, 6.45) is 23.5. The van der Waals surface area contributed by atoms with Gasteiger partial charge in [-0.05, 0) is 50.0 Å². The molecule has 2 heterocycles. The van der Waals surface area contributed by atoms with Gasteiger partial charge in [0, 0.05) is 32.1 Å². The SMILES string of the molecule is CCCCCCC(CCCC)CCN1CC2(CCN(C(=O)C(CCCC)CCCCC)CC2)C1. The highest BCUT2D eigenvalue weighted by Crippen LogP contribution is 2.41. The van der Waals surface area contributed by atoms with E-state index in [1.807, 2.05) is 0 Å². The summed E-state index contributed by atoms with van der Waals surface area (Å²) in [5, 5.41) is 0. The van der Waals surface area contributed by atoms with Crippen molar-refractivity contribution in [2.75, 3.05) is 32.7 Å². The predicted molar refractivity (Wildman–Crippen MR) is 148 cm³/mol. The van der Waals surface area contributed by atoms with E-state index in [1.54, 1.807) is 0 Å². The zero-order valence-electron chi connectivity index (χ0n) is 23.7. The van der Waals surface area contributed by atoms with Crippen molar-refractivity contribution in [2.24, 2.45) is 17.3 Å². The summed E-state index contributed by atoms with van der Waals surface area (Å²) in [5.41, 5.74) is 0.526. The Morgan fingerprint density at radius 3 is 1.85 bits per heavy atom. The number of unbranched alkanes of at least 4 members (excludes halogenated alkanes) is 7. The van der Waals surface area contributed by atoms with Gasteiger partial charge in [-0.1, -0.05) is 111 Å². The largest absolute Gasteiger partial charge is 0.342 e. The highest BCUT2D eigenvalue weighted by atomic mass is 16.2. The Labute approximate surface area is 213 Å². The smallest absolute Gasteiger partial charge is 0.225 e. The van der Waals surface area contributed by atoms with Crippen molar-refractivity contribution in [1.82, 2.24) is 9.80 Å². The third-order valence-corrected chi connectivity index (χ3v) is 8.95. The average Bonchev–Trinajstić information content (AvgIpc) is 2.83. The Hall–Kier alpha value is -0.570. The minimum absolute atomic E-state index is 0.288. The topological polar surface area (TPSA) is 23.6 Å². The van der Waals surface area contributed by atoms with E-state index in [1.165, 1.54) is 122 Å². The maximum absolute atomic E-state index is 13.3. The number of amides is 1. The zero-order chi connectivity index (χ0) is 24.7. The van der Waals surface area contributed by atoms with Crippen LogP contribution in [0.4, 0.5) is 0 Å². The summed E-state index contributed by atoms with van der Waals surface area (Å²) in [5.74, 6) is 1.72. The molecule has 200 valence electrons. The lowest BCUT2D eigenvalue weighted by Gasteiger charge is -2.54. The van der Waals surface area contributed by atoms with Crippen LogP contribution in [0.1, 0.15) is 143 Å². The molecule has 2 fully saturated rings. The van der Waals surface area contributed by atoms with Crippen LogP contribution >= 0.6 is 0 Å². The molecule has 2 rings (SSSR count). The molecular weight excluding hydrogens is 416 g/mol. The Kier molecular flexibility index (Phi) is 14.8. The molecule has 2 atom stereocenters. The summed E-state index contributed by atoms with van der Waals surface area (Å²) in [4.78, 5) is 18.3. The Bertz CT molecular complexity index is 518. The third kappa shape index (κ3) is 10.2. The minimum atomic E-state index is 0.288. The first-order valence-electron chi connectivity index (χ1n) is 15.6. The molecule has 34 heavy (non-hydrogen) atoms. The highest BCUT2D eigenvalue weighted by molar-refractivity contribution is 5.79. The van der Waals surface area contributed by atoms with Gasteiger partial charge in [-0.25, -0.2) is 0 Å². The van der Waals surface area contributed by atoms with Crippen molar-refractivity contribution >= 4 is 5.91 Å². The average molecular weight is 477 g/mol. The van der Waals surface area contributed by atoms with Crippen LogP contribution in [0.3, 0.4) is 0 Å². The zero-order valence-corrected chi connectivity index (χ0v) is 23.7. The van der Waals surface area contributed by atoms with E-state index in [4.69, 9.17) is 0 Å². The second-order valence-corrected chi connectivity index (χ2v) is 12.0. The molecule has 0 aromatic rings. The number of hydrogen-bond donors (Lipinski definition) is 0. The second-order valence-electron chi connectivity index (χ2n) is 12.0. The Morgan fingerprint density at radius 2 is 1.21 bits per heavy atom. The van der Waals surface area contributed by atoms with Gasteiger partial charge < -0.3 is 9.80 Å². The van der Waals surface area contributed by atoms with Crippen LogP contribution in [0.2, 0.25) is 0 Å². The maximum atomic E-state index is 13.3. The number of carbonyl (C=O) groups excluding carboxylic acids is 1. The highest BCUT2D eigenvalue weighted by Gasteiger charge is 2.45. The van der Waals surface area contributed by atoms with Crippen LogP contribution in [-0.2, 0) is 4.79 Å². The van der Waals surface area contributed by atoms with E-state index in [0.29, 0.717) is 11.3 Å². The van der Waals surface area contributed by atoms with E-state index in [-0.39, 0.29) is 5.92 Å². The number of hydrogen-bond acceptors (Lipinski definition) is 2. The van der Waals surface area contributed by atoms with E-state index in [9.17, 15) is 4.79 Å². The molecular formula is C31H60N2O. The van der Waals surface area contributed by atoms with Crippen molar-refractivity contribution < 1.29 is 4.79 Å². The molecule has 0 radical (unpaired) electrons. The maximum Gasteiger partial charge on any atom is 0.225 e. The van der Waals surface area contributed by atoms with Gasteiger partial charge in [0.15, 0.2) is 0 Å². The molecule has 2 saturated heterocycles. The van der Waals surface area contributed by atoms with Crippen LogP contribution in [-0.4, -0.2) is 48.4 Å². The van der Waals surface area contributed by atoms with Crippen molar-refractivity contribution in [1.29, 1.82) is 0 Å². The van der Waals surface area contributed by atoms with Gasteiger partial charge in [0.25, 0.3) is 0 Å². The van der Waals surface area contributed by atoms with E-state index < -0.39 is 0 Å². The van der Waals surface area contributed by atoms with Crippen molar-refractivity contribution in [3.8, 4) is 0 Å². The molecule has 0 aromatic heterocycles. The molecule has 0 bridgehead atoms. The van der Waals surface area contributed by atoms with Crippen LogP contribution in [0.25, 0.3) is 0 Å². The van der Waals surface area contributed by atoms with Gasteiger partial charge >= 0.3 is 0 Å². The van der Waals surface area contributed by atoms with Gasteiger partial charge in [0.05, 0.1) is 0 Å². The molecule has 2 aliphatic rings. The van der Waals surface area contributed by atoms with Crippen LogP contribution < -0.4 is 0 Å². The number of piperidine rings is 1. The second kappa shape index (κ2) is 17.0. The first-order valence-corrected chi connectivity index (χ1v) is 15.6. The molecule has 0 saturated carbocycles. The summed E-state index contributed by atoms with van der Waals surface area (Å²) in [6.45, 7) is 15.1. The summed E-state index contributed by atoms with van der Waals surface area (Å²) < 4.78 is 0. The molecule has 3 heteroatoms. The molecule has 0 aromatic carbocycles. The molecule has 2 aliphatic heterocycles. The van der Waals surface area contributed by atoms with Crippen LogP contribution in [0.5, 0.6) is 0 Å². The van der Waals surface area contributed by atoms with Gasteiger partial charge in [0.2, 0.25) is 5.91 Å². The normalized spacial score (nSPS) is 19.8. The lowest BCUT2D eigenvalue weighted by molar-refractivity contribution is -0.141. The fourth-order valence-electron chi connectivity index (χ4n) is 6.47. The van der Waals surface area contributed by atoms with Gasteiger partial charge in [0.1, 0.15) is 0 Å². The molecule has 1 spiro atoms. The summed E-state index contributed by atoms with van der Waals surface area (Å²) >= 11 is 0. The lowest BCUT2D eigenvalue weighted by atomic mass is 9.71. The summed E-state index contributed by atoms with van der Waals surface area (Å²) in [6, 6.07) is 0. The third-order valence-electron chi connectivity index (χ3n) is 8.95. The van der Waals surface area contributed by atoms with Gasteiger partial charge in [-0.15, -0.1) is 0 Å². The van der Waals surface area contributed by atoms with E-state index in [0.717, 1.165) is 31.8 Å². The summed E-state index contributed by atoms with van der Waals surface area (Å²) in [7, 11) is 0. The molecule has 0 aliphatic carbocycles. The van der Waals surface area contributed by atoms with Crippen molar-refractivity contribution in [2.45, 2.75) is 143 Å². The first kappa shape index (κ1) is 29.7. The quantitative estimate of drug-likeness (QED) is 0.175. The van der Waals surface area contributed by atoms with Gasteiger partial charge in [-0.2, -0.15) is 0 Å². The molecule has 1 amide bonds. The molecule has 3 nitrogen and oxygen atoms in total. The molecule has 2 unspecified atom stereocenters. The van der Waals surface area contributed by atoms with E-state index in [2.05, 4.69) is 37.5 Å². The predicted octanol–water partition coefficient (Wildman–Crippen LogP) is 8.46. The van der Waals surface area contributed by atoms with Crippen LogP contribution in [0, 0.1) is 17.3 Å². The van der Waals surface area contributed by atoms with Gasteiger partial charge in [-0.3, -0.25) is 4.79 Å². The number of rotatable bonds is 19. The van der Waals surface area contributed by atoms with E-state index >= 15 is 0 Å². The lowest BCUT2D eigenvalue weighted by Crippen LogP contribution is -2.61. The van der Waals surface area contributed by atoms with Crippen molar-refractivity contribution in [3.63, 3.8) is 0 Å². The van der Waals surface area contributed by atoms with Crippen LogP contribution in [0.15, 0.2) is 0 Å². The first-order chi connectivity index (χ1) is 16.6. The minimum Gasteiger partial charge on any atom is -0.342 e. The number of carbonyl (C=O) groups is 1. The molecule has 0 N–H and O–H groups in total.